The van der Waals surface area contributed by atoms with Crippen molar-refractivity contribution in [1.29, 1.82) is 0 Å². The maximum Gasteiger partial charge on any atom is 0.274 e. The third-order valence-corrected chi connectivity index (χ3v) is 3.99. The maximum absolute atomic E-state index is 12.7. The monoisotopic (exact) mass is 376 g/mol. The van der Waals surface area contributed by atoms with Crippen LogP contribution in [0, 0.1) is 20.8 Å². The van der Waals surface area contributed by atoms with Crippen LogP contribution in [0.2, 0.25) is 0 Å². The van der Waals surface area contributed by atoms with E-state index < -0.39 is 0 Å². The van der Waals surface area contributed by atoms with Crippen molar-refractivity contribution in [3.8, 4) is 5.75 Å². The van der Waals surface area contributed by atoms with Crippen LogP contribution >= 0.6 is 0 Å². The van der Waals surface area contributed by atoms with Crippen LogP contribution in [0.25, 0.3) is 0 Å². The van der Waals surface area contributed by atoms with Gasteiger partial charge in [-0.2, -0.15) is 0 Å². The largest absolute Gasteiger partial charge is 0.494 e. The summed E-state index contributed by atoms with van der Waals surface area (Å²) in [6.45, 7) is 8.38. The fourth-order valence-electron chi connectivity index (χ4n) is 2.91. The van der Waals surface area contributed by atoms with E-state index in [0.717, 1.165) is 28.3 Å². The van der Waals surface area contributed by atoms with Gasteiger partial charge in [0.1, 0.15) is 11.4 Å². The number of anilines is 3. The van der Waals surface area contributed by atoms with E-state index in [1.54, 1.807) is 6.07 Å². The Bertz CT molecular complexity index is 964. The van der Waals surface area contributed by atoms with Crippen molar-refractivity contribution in [3.63, 3.8) is 0 Å². The average molecular weight is 376 g/mol. The van der Waals surface area contributed by atoms with Crippen molar-refractivity contribution >= 4 is 23.2 Å². The molecule has 144 valence electrons. The number of rotatable bonds is 6. The molecule has 3 aromatic rings. The standard InChI is InChI=1S/C22H24N4O2/c1-5-28-19-8-6-17(7-9-19)25-22-23-16(4)13-20(26-22)21(27)24-18-11-14(2)10-15(3)12-18/h6-13H,5H2,1-4H3,(H,24,27)(H,23,25,26). The Hall–Kier alpha value is -3.41. The summed E-state index contributed by atoms with van der Waals surface area (Å²) in [5.74, 6) is 0.895. The number of aromatic nitrogens is 2. The van der Waals surface area contributed by atoms with Crippen molar-refractivity contribution < 1.29 is 9.53 Å². The first-order valence-corrected chi connectivity index (χ1v) is 9.18. The minimum Gasteiger partial charge on any atom is -0.494 e. The van der Waals surface area contributed by atoms with Crippen LogP contribution in [0.5, 0.6) is 5.75 Å². The van der Waals surface area contributed by atoms with E-state index in [-0.39, 0.29) is 5.91 Å². The predicted octanol–water partition coefficient (Wildman–Crippen LogP) is 4.80. The summed E-state index contributed by atoms with van der Waals surface area (Å²) in [7, 11) is 0. The number of hydrogen-bond acceptors (Lipinski definition) is 5. The van der Waals surface area contributed by atoms with Gasteiger partial charge in [-0.1, -0.05) is 6.07 Å². The molecule has 1 aromatic heterocycles. The minimum absolute atomic E-state index is 0.273. The zero-order valence-corrected chi connectivity index (χ0v) is 16.5. The Labute approximate surface area is 165 Å². The zero-order chi connectivity index (χ0) is 20.1. The predicted molar refractivity (Wildman–Crippen MR) is 112 cm³/mol. The summed E-state index contributed by atoms with van der Waals surface area (Å²) in [6, 6.07) is 15.1. The fraction of sp³-hybridized carbons (Fsp3) is 0.227. The van der Waals surface area contributed by atoms with Gasteiger partial charge >= 0.3 is 0 Å². The molecule has 0 bridgehead atoms. The molecular formula is C22H24N4O2. The highest BCUT2D eigenvalue weighted by Gasteiger charge is 2.12. The van der Waals surface area contributed by atoms with Gasteiger partial charge in [0.05, 0.1) is 6.61 Å². The van der Waals surface area contributed by atoms with Gasteiger partial charge in [0.15, 0.2) is 0 Å². The molecule has 0 aliphatic carbocycles. The number of aryl methyl sites for hydroxylation is 3. The lowest BCUT2D eigenvalue weighted by Gasteiger charge is -2.10. The number of amides is 1. The van der Waals surface area contributed by atoms with Crippen molar-refractivity contribution in [1.82, 2.24) is 9.97 Å². The third kappa shape index (κ3) is 5.07. The Morgan fingerprint density at radius 2 is 1.61 bits per heavy atom. The first kappa shape index (κ1) is 19.4. The quantitative estimate of drug-likeness (QED) is 0.646. The van der Waals surface area contributed by atoms with E-state index >= 15 is 0 Å². The van der Waals surface area contributed by atoms with Gasteiger partial charge in [-0.3, -0.25) is 4.79 Å². The molecule has 6 nitrogen and oxygen atoms in total. The number of carbonyl (C=O) groups is 1. The molecule has 2 N–H and O–H groups in total. The summed E-state index contributed by atoms with van der Waals surface area (Å²) in [6.07, 6.45) is 0. The summed E-state index contributed by atoms with van der Waals surface area (Å²) in [4.78, 5) is 21.4. The highest BCUT2D eigenvalue weighted by Crippen LogP contribution is 2.19. The molecular weight excluding hydrogens is 352 g/mol. The fourth-order valence-corrected chi connectivity index (χ4v) is 2.91. The maximum atomic E-state index is 12.7. The zero-order valence-electron chi connectivity index (χ0n) is 16.5. The summed E-state index contributed by atoms with van der Waals surface area (Å²) < 4.78 is 5.44. The van der Waals surface area contributed by atoms with E-state index in [4.69, 9.17) is 4.74 Å². The van der Waals surface area contributed by atoms with Gasteiger partial charge in [-0.25, -0.2) is 9.97 Å². The van der Waals surface area contributed by atoms with Crippen molar-refractivity contribution in [3.05, 3.63) is 71.0 Å². The van der Waals surface area contributed by atoms with E-state index in [1.165, 1.54) is 0 Å². The highest BCUT2D eigenvalue weighted by molar-refractivity contribution is 6.03. The minimum atomic E-state index is -0.273. The number of benzene rings is 2. The van der Waals surface area contributed by atoms with Crippen LogP contribution in [-0.2, 0) is 0 Å². The average Bonchev–Trinajstić information content (AvgIpc) is 2.62. The molecule has 1 amide bonds. The second kappa shape index (κ2) is 8.52. The van der Waals surface area contributed by atoms with Gasteiger partial charge in [0.25, 0.3) is 5.91 Å². The van der Waals surface area contributed by atoms with Crippen LogP contribution in [0.15, 0.2) is 48.5 Å². The van der Waals surface area contributed by atoms with Gasteiger partial charge in [0, 0.05) is 17.1 Å². The second-order valence-corrected chi connectivity index (χ2v) is 6.63. The van der Waals surface area contributed by atoms with Gasteiger partial charge < -0.3 is 15.4 Å². The normalized spacial score (nSPS) is 10.4. The molecule has 6 heteroatoms. The Morgan fingerprint density at radius 1 is 0.929 bits per heavy atom. The molecule has 0 saturated carbocycles. The molecule has 0 fully saturated rings. The Balaban J connectivity index is 1.77. The third-order valence-electron chi connectivity index (χ3n) is 3.99. The molecule has 0 radical (unpaired) electrons. The van der Waals surface area contributed by atoms with Gasteiger partial charge in [-0.05, 0) is 81.3 Å². The molecule has 1 heterocycles. The van der Waals surface area contributed by atoms with Crippen LogP contribution in [0.3, 0.4) is 0 Å². The van der Waals surface area contributed by atoms with E-state index in [0.29, 0.717) is 23.9 Å². The van der Waals surface area contributed by atoms with Gasteiger partial charge in [0.2, 0.25) is 5.95 Å². The number of carbonyl (C=O) groups excluding carboxylic acids is 1. The van der Waals surface area contributed by atoms with E-state index in [9.17, 15) is 4.79 Å². The number of hydrogen-bond donors (Lipinski definition) is 2. The summed E-state index contributed by atoms with van der Waals surface area (Å²) in [5.41, 5.74) is 4.75. The molecule has 3 rings (SSSR count). The Kier molecular flexibility index (Phi) is 5.89. The highest BCUT2D eigenvalue weighted by atomic mass is 16.5. The van der Waals surface area contributed by atoms with Gasteiger partial charge in [-0.15, -0.1) is 0 Å². The summed E-state index contributed by atoms with van der Waals surface area (Å²) >= 11 is 0. The van der Waals surface area contributed by atoms with Crippen LogP contribution in [-0.4, -0.2) is 22.5 Å². The summed E-state index contributed by atoms with van der Waals surface area (Å²) in [5, 5.41) is 6.04. The number of nitrogens with zero attached hydrogens (tertiary/aromatic N) is 2. The molecule has 0 aliphatic rings. The van der Waals surface area contributed by atoms with Crippen molar-refractivity contribution in [2.75, 3.05) is 17.2 Å². The first-order valence-electron chi connectivity index (χ1n) is 9.18. The second-order valence-electron chi connectivity index (χ2n) is 6.63. The van der Waals surface area contributed by atoms with Crippen LogP contribution in [0.1, 0.15) is 34.2 Å². The van der Waals surface area contributed by atoms with E-state index in [1.807, 2.05) is 64.1 Å². The number of ether oxygens (including phenoxy) is 1. The lowest BCUT2D eigenvalue weighted by Crippen LogP contribution is -2.15. The molecule has 0 saturated heterocycles. The molecule has 2 aromatic carbocycles. The lowest BCUT2D eigenvalue weighted by atomic mass is 10.1. The smallest absolute Gasteiger partial charge is 0.274 e. The molecule has 28 heavy (non-hydrogen) atoms. The SMILES string of the molecule is CCOc1ccc(Nc2nc(C)cc(C(=O)Nc3cc(C)cc(C)c3)n2)cc1. The molecule has 0 unspecified atom stereocenters. The topological polar surface area (TPSA) is 76.1 Å². The molecule has 0 aliphatic heterocycles. The molecule has 0 spiro atoms. The van der Waals surface area contributed by atoms with Crippen molar-refractivity contribution in [2.24, 2.45) is 0 Å². The lowest BCUT2D eigenvalue weighted by molar-refractivity contribution is 0.102. The van der Waals surface area contributed by atoms with Crippen molar-refractivity contribution in [2.45, 2.75) is 27.7 Å². The Morgan fingerprint density at radius 3 is 2.25 bits per heavy atom. The number of nitrogens with one attached hydrogen (secondary N) is 2. The van der Waals surface area contributed by atoms with E-state index in [2.05, 4.69) is 26.7 Å². The van der Waals surface area contributed by atoms with Crippen LogP contribution < -0.4 is 15.4 Å². The first-order chi connectivity index (χ1) is 13.4. The van der Waals surface area contributed by atoms with Crippen LogP contribution in [0.4, 0.5) is 17.3 Å². The molecule has 0 atom stereocenters.